The third-order valence-electron chi connectivity index (χ3n) is 3.58. The predicted molar refractivity (Wildman–Crippen MR) is 95.1 cm³/mol. The van der Waals surface area contributed by atoms with Crippen molar-refractivity contribution in [2.24, 2.45) is 0 Å². The standard InChI is InChI=1S/C16H22BrN3OS/c1-4-20-15(18-19-16(20)22)6-5-9-21-14-8-7-12(11(2)3)10-13(14)17/h7-8,10-11H,4-6,9H2,1-3H3,(H,19,22). The number of hydrogen-bond acceptors (Lipinski definition) is 3. The van der Waals surface area contributed by atoms with Crippen molar-refractivity contribution in [1.29, 1.82) is 0 Å². The van der Waals surface area contributed by atoms with Gasteiger partial charge in [-0.15, -0.1) is 0 Å². The summed E-state index contributed by atoms with van der Waals surface area (Å²) in [5.41, 5.74) is 1.30. The van der Waals surface area contributed by atoms with Crippen LogP contribution in [0.15, 0.2) is 22.7 Å². The van der Waals surface area contributed by atoms with E-state index in [2.05, 4.69) is 59.0 Å². The summed E-state index contributed by atoms with van der Waals surface area (Å²) in [4.78, 5) is 0. The van der Waals surface area contributed by atoms with Crippen LogP contribution in [0.1, 0.15) is 44.5 Å². The number of nitrogens with one attached hydrogen (secondary N) is 1. The molecule has 0 aliphatic carbocycles. The van der Waals surface area contributed by atoms with Gasteiger partial charge in [-0.05, 0) is 65.1 Å². The molecule has 1 aromatic heterocycles. The first kappa shape index (κ1) is 17.2. The number of H-pyrrole nitrogens is 1. The summed E-state index contributed by atoms with van der Waals surface area (Å²) in [6, 6.07) is 6.27. The van der Waals surface area contributed by atoms with Crippen LogP contribution in [-0.2, 0) is 13.0 Å². The van der Waals surface area contributed by atoms with Gasteiger partial charge in [0.05, 0.1) is 11.1 Å². The van der Waals surface area contributed by atoms with E-state index >= 15 is 0 Å². The number of halogens is 1. The molecule has 6 heteroatoms. The minimum atomic E-state index is 0.516. The highest BCUT2D eigenvalue weighted by molar-refractivity contribution is 9.10. The number of nitrogens with zero attached hydrogens (tertiary/aromatic N) is 2. The molecule has 0 atom stereocenters. The van der Waals surface area contributed by atoms with Crippen molar-refractivity contribution in [3.05, 3.63) is 38.8 Å². The zero-order valence-electron chi connectivity index (χ0n) is 13.2. The molecule has 4 nitrogen and oxygen atoms in total. The van der Waals surface area contributed by atoms with Gasteiger partial charge in [0.1, 0.15) is 11.6 Å². The van der Waals surface area contributed by atoms with Crippen LogP contribution in [-0.4, -0.2) is 21.4 Å². The quantitative estimate of drug-likeness (QED) is 0.548. The van der Waals surface area contributed by atoms with Gasteiger partial charge in [0, 0.05) is 13.0 Å². The van der Waals surface area contributed by atoms with Gasteiger partial charge < -0.3 is 9.30 Å². The number of aromatic amines is 1. The van der Waals surface area contributed by atoms with Gasteiger partial charge in [-0.2, -0.15) is 5.10 Å². The molecule has 0 radical (unpaired) electrons. The second-order valence-corrected chi connectivity index (χ2v) is 6.73. The molecule has 1 N–H and O–H groups in total. The topological polar surface area (TPSA) is 42.8 Å². The summed E-state index contributed by atoms with van der Waals surface area (Å²) < 4.78 is 9.56. The lowest BCUT2D eigenvalue weighted by molar-refractivity contribution is 0.307. The van der Waals surface area contributed by atoms with E-state index in [0.717, 1.165) is 35.4 Å². The van der Waals surface area contributed by atoms with E-state index in [1.54, 1.807) is 0 Å². The third kappa shape index (κ3) is 4.20. The minimum absolute atomic E-state index is 0.516. The fraction of sp³-hybridized carbons (Fsp3) is 0.500. The molecular formula is C16H22BrN3OS. The van der Waals surface area contributed by atoms with Gasteiger partial charge in [-0.1, -0.05) is 19.9 Å². The molecule has 0 aliphatic rings. The van der Waals surface area contributed by atoms with E-state index in [1.807, 2.05) is 10.6 Å². The van der Waals surface area contributed by atoms with Crippen molar-refractivity contribution in [3.63, 3.8) is 0 Å². The van der Waals surface area contributed by atoms with Crippen molar-refractivity contribution in [3.8, 4) is 5.75 Å². The molecule has 0 saturated heterocycles. The first-order valence-electron chi connectivity index (χ1n) is 7.59. The Balaban J connectivity index is 1.87. The van der Waals surface area contributed by atoms with Crippen molar-refractivity contribution in [2.75, 3.05) is 6.61 Å². The summed E-state index contributed by atoms with van der Waals surface area (Å²) >= 11 is 8.76. The molecule has 1 heterocycles. The average molecular weight is 384 g/mol. The molecule has 2 rings (SSSR count). The molecule has 0 spiro atoms. The molecule has 0 saturated carbocycles. The lowest BCUT2D eigenvalue weighted by Gasteiger charge is -2.11. The van der Waals surface area contributed by atoms with E-state index in [-0.39, 0.29) is 0 Å². The smallest absolute Gasteiger partial charge is 0.195 e. The highest BCUT2D eigenvalue weighted by Crippen LogP contribution is 2.29. The summed E-state index contributed by atoms with van der Waals surface area (Å²) in [5.74, 6) is 2.39. The number of ether oxygens (including phenoxy) is 1. The minimum Gasteiger partial charge on any atom is -0.492 e. The number of aryl methyl sites for hydroxylation is 1. The van der Waals surface area contributed by atoms with Crippen LogP contribution in [0.3, 0.4) is 0 Å². The van der Waals surface area contributed by atoms with Gasteiger partial charge in [0.25, 0.3) is 0 Å². The molecule has 0 unspecified atom stereocenters. The Hall–Kier alpha value is -1.14. The average Bonchev–Trinajstić information content (AvgIpc) is 2.84. The molecule has 0 amide bonds. The number of benzene rings is 1. The predicted octanol–water partition coefficient (Wildman–Crippen LogP) is 4.86. The zero-order chi connectivity index (χ0) is 16.1. The van der Waals surface area contributed by atoms with E-state index in [1.165, 1.54) is 5.56 Å². The van der Waals surface area contributed by atoms with Gasteiger partial charge in [-0.3, -0.25) is 5.10 Å². The van der Waals surface area contributed by atoms with Crippen molar-refractivity contribution in [1.82, 2.24) is 14.8 Å². The highest BCUT2D eigenvalue weighted by atomic mass is 79.9. The van der Waals surface area contributed by atoms with Gasteiger partial charge in [-0.25, -0.2) is 0 Å². The Bertz CT molecular complexity index is 678. The largest absolute Gasteiger partial charge is 0.492 e. The first-order valence-corrected chi connectivity index (χ1v) is 8.79. The summed E-state index contributed by atoms with van der Waals surface area (Å²) in [6.07, 6.45) is 1.75. The van der Waals surface area contributed by atoms with Crippen molar-refractivity contribution >= 4 is 28.1 Å². The van der Waals surface area contributed by atoms with Crippen LogP contribution >= 0.6 is 28.1 Å². The van der Waals surface area contributed by atoms with E-state index in [0.29, 0.717) is 17.3 Å². The molecule has 0 aliphatic heterocycles. The number of hydrogen-bond donors (Lipinski definition) is 1. The maximum absolute atomic E-state index is 5.85. The maximum atomic E-state index is 5.85. The summed E-state index contributed by atoms with van der Waals surface area (Å²) in [6.45, 7) is 7.93. The fourth-order valence-corrected chi connectivity index (χ4v) is 3.06. The number of rotatable bonds is 7. The molecule has 120 valence electrons. The van der Waals surface area contributed by atoms with Crippen LogP contribution in [0.2, 0.25) is 0 Å². The van der Waals surface area contributed by atoms with Crippen LogP contribution in [0, 0.1) is 4.77 Å². The monoisotopic (exact) mass is 383 g/mol. The van der Waals surface area contributed by atoms with Crippen molar-refractivity contribution in [2.45, 2.75) is 46.1 Å². The van der Waals surface area contributed by atoms with Crippen LogP contribution in [0.4, 0.5) is 0 Å². The van der Waals surface area contributed by atoms with E-state index in [9.17, 15) is 0 Å². The summed E-state index contributed by atoms with van der Waals surface area (Å²) in [7, 11) is 0. The third-order valence-corrected chi connectivity index (χ3v) is 4.51. The SMILES string of the molecule is CCn1c(CCCOc2ccc(C(C)C)cc2Br)n[nH]c1=S. The van der Waals surface area contributed by atoms with Gasteiger partial charge >= 0.3 is 0 Å². The summed E-state index contributed by atoms with van der Waals surface area (Å²) in [5, 5.41) is 7.10. The lowest BCUT2D eigenvalue weighted by atomic mass is 10.0. The van der Waals surface area contributed by atoms with Gasteiger partial charge in [0.15, 0.2) is 4.77 Å². The lowest BCUT2D eigenvalue weighted by Crippen LogP contribution is -2.06. The molecule has 2 aromatic rings. The Morgan fingerprint density at radius 1 is 1.41 bits per heavy atom. The molecule has 0 bridgehead atoms. The molecule has 0 fully saturated rings. The molecule has 22 heavy (non-hydrogen) atoms. The zero-order valence-corrected chi connectivity index (χ0v) is 15.6. The molecular weight excluding hydrogens is 362 g/mol. The van der Waals surface area contributed by atoms with Gasteiger partial charge in [0.2, 0.25) is 0 Å². The number of aromatic nitrogens is 3. The normalized spacial score (nSPS) is 11.1. The Labute approximate surface area is 145 Å². The van der Waals surface area contributed by atoms with Crippen LogP contribution in [0.25, 0.3) is 0 Å². The van der Waals surface area contributed by atoms with Crippen LogP contribution < -0.4 is 4.74 Å². The molecule has 1 aromatic carbocycles. The van der Waals surface area contributed by atoms with Crippen molar-refractivity contribution < 1.29 is 4.74 Å². The second-order valence-electron chi connectivity index (χ2n) is 5.49. The Morgan fingerprint density at radius 3 is 2.82 bits per heavy atom. The first-order chi connectivity index (χ1) is 10.5. The highest BCUT2D eigenvalue weighted by Gasteiger charge is 2.07. The van der Waals surface area contributed by atoms with Crippen LogP contribution in [0.5, 0.6) is 5.75 Å². The Morgan fingerprint density at radius 2 is 2.18 bits per heavy atom. The maximum Gasteiger partial charge on any atom is 0.195 e. The van der Waals surface area contributed by atoms with E-state index < -0.39 is 0 Å². The second kappa shape index (κ2) is 7.92. The fourth-order valence-electron chi connectivity index (χ4n) is 2.27. The van der Waals surface area contributed by atoms with E-state index in [4.69, 9.17) is 17.0 Å². The Kier molecular flexibility index (Phi) is 6.20.